The Kier molecular flexibility index (Phi) is 11.3. The average molecular weight is 422 g/mol. The Morgan fingerprint density at radius 1 is 1.18 bits per heavy atom. The standard InChI is InChI=1S/C16H30N4O.HI/c1-6-14-13(15(7-2)21-20-14)11-19-16(17-8-3)18-10-9-12(4)5;/h12H,6-11H2,1-5H3,(H2,17,18,19);1H. The van der Waals surface area contributed by atoms with Crippen LogP contribution >= 0.6 is 24.0 Å². The van der Waals surface area contributed by atoms with Crippen molar-refractivity contribution in [2.45, 2.75) is 60.4 Å². The first kappa shape index (κ1) is 21.2. The smallest absolute Gasteiger partial charge is 0.191 e. The van der Waals surface area contributed by atoms with Crippen molar-refractivity contribution in [3.63, 3.8) is 0 Å². The molecule has 0 radical (unpaired) electrons. The molecule has 6 heteroatoms. The maximum absolute atomic E-state index is 5.38. The summed E-state index contributed by atoms with van der Waals surface area (Å²) in [5.41, 5.74) is 2.16. The van der Waals surface area contributed by atoms with Gasteiger partial charge in [0, 0.05) is 25.1 Å². The number of hydrogen-bond donors (Lipinski definition) is 2. The molecule has 5 nitrogen and oxygen atoms in total. The van der Waals surface area contributed by atoms with Gasteiger partial charge in [-0.15, -0.1) is 24.0 Å². The van der Waals surface area contributed by atoms with Crippen LogP contribution in [0.3, 0.4) is 0 Å². The molecule has 0 fully saturated rings. The number of aromatic nitrogens is 1. The second-order valence-corrected chi connectivity index (χ2v) is 5.54. The van der Waals surface area contributed by atoms with Crippen LogP contribution in [-0.2, 0) is 19.4 Å². The summed E-state index contributed by atoms with van der Waals surface area (Å²) >= 11 is 0. The highest BCUT2D eigenvalue weighted by molar-refractivity contribution is 14.0. The zero-order chi connectivity index (χ0) is 15.7. The van der Waals surface area contributed by atoms with E-state index in [4.69, 9.17) is 4.52 Å². The molecule has 22 heavy (non-hydrogen) atoms. The van der Waals surface area contributed by atoms with E-state index in [1.54, 1.807) is 0 Å². The van der Waals surface area contributed by atoms with Crippen molar-refractivity contribution in [3.05, 3.63) is 17.0 Å². The van der Waals surface area contributed by atoms with Crippen molar-refractivity contribution in [3.8, 4) is 0 Å². The van der Waals surface area contributed by atoms with E-state index in [0.29, 0.717) is 12.5 Å². The highest BCUT2D eigenvalue weighted by atomic mass is 127. The molecule has 1 aromatic rings. The van der Waals surface area contributed by atoms with Crippen LogP contribution in [-0.4, -0.2) is 24.2 Å². The first-order valence-electron chi connectivity index (χ1n) is 8.10. The minimum Gasteiger partial charge on any atom is -0.361 e. The third kappa shape index (κ3) is 6.98. The van der Waals surface area contributed by atoms with Crippen molar-refractivity contribution in [2.75, 3.05) is 13.1 Å². The topological polar surface area (TPSA) is 62.5 Å². The quantitative estimate of drug-likeness (QED) is 0.382. The summed E-state index contributed by atoms with van der Waals surface area (Å²) in [5.74, 6) is 2.51. The van der Waals surface area contributed by atoms with Crippen LogP contribution in [0.5, 0.6) is 0 Å². The summed E-state index contributed by atoms with van der Waals surface area (Å²) in [6, 6.07) is 0. The monoisotopic (exact) mass is 422 g/mol. The molecule has 0 saturated carbocycles. The van der Waals surface area contributed by atoms with Crippen LogP contribution < -0.4 is 10.6 Å². The number of aryl methyl sites for hydroxylation is 2. The number of nitrogens with zero attached hydrogens (tertiary/aromatic N) is 2. The SMILES string of the molecule is CCNC(=NCc1c(CC)noc1CC)NCCC(C)C.I. The zero-order valence-electron chi connectivity index (χ0n) is 14.5. The summed E-state index contributed by atoms with van der Waals surface area (Å²) in [6.07, 6.45) is 2.87. The van der Waals surface area contributed by atoms with Gasteiger partial charge < -0.3 is 15.2 Å². The Morgan fingerprint density at radius 3 is 2.45 bits per heavy atom. The molecular weight excluding hydrogens is 391 g/mol. The largest absolute Gasteiger partial charge is 0.361 e. The van der Waals surface area contributed by atoms with Gasteiger partial charge in [-0.05, 0) is 25.7 Å². The second-order valence-electron chi connectivity index (χ2n) is 5.54. The van der Waals surface area contributed by atoms with Gasteiger partial charge in [-0.1, -0.05) is 32.9 Å². The second kappa shape index (κ2) is 11.7. The minimum atomic E-state index is 0. The zero-order valence-corrected chi connectivity index (χ0v) is 16.9. The molecule has 128 valence electrons. The number of hydrogen-bond acceptors (Lipinski definition) is 3. The van der Waals surface area contributed by atoms with E-state index in [0.717, 1.165) is 55.3 Å². The van der Waals surface area contributed by atoms with Crippen molar-refractivity contribution in [2.24, 2.45) is 10.9 Å². The summed E-state index contributed by atoms with van der Waals surface area (Å²) in [5, 5.41) is 10.8. The van der Waals surface area contributed by atoms with Gasteiger partial charge in [-0.3, -0.25) is 0 Å². The Bertz CT molecular complexity index is 422. The summed E-state index contributed by atoms with van der Waals surface area (Å²) < 4.78 is 5.38. The maximum atomic E-state index is 5.38. The first-order valence-corrected chi connectivity index (χ1v) is 8.10. The van der Waals surface area contributed by atoms with Crippen LogP contribution in [0, 0.1) is 5.92 Å². The lowest BCUT2D eigenvalue weighted by Gasteiger charge is -2.12. The van der Waals surface area contributed by atoms with Crippen molar-refractivity contribution in [1.29, 1.82) is 0 Å². The summed E-state index contributed by atoms with van der Waals surface area (Å²) in [4.78, 5) is 4.66. The van der Waals surface area contributed by atoms with E-state index in [1.165, 1.54) is 0 Å². The van der Waals surface area contributed by atoms with Gasteiger partial charge in [0.2, 0.25) is 0 Å². The molecule has 0 aliphatic heterocycles. The molecule has 0 aliphatic carbocycles. The lowest BCUT2D eigenvalue weighted by atomic mass is 10.1. The van der Waals surface area contributed by atoms with Gasteiger partial charge in [-0.2, -0.15) is 0 Å². The fourth-order valence-electron chi connectivity index (χ4n) is 2.10. The van der Waals surface area contributed by atoms with E-state index in [-0.39, 0.29) is 24.0 Å². The highest BCUT2D eigenvalue weighted by Crippen LogP contribution is 2.16. The predicted molar refractivity (Wildman–Crippen MR) is 103 cm³/mol. The van der Waals surface area contributed by atoms with Crippen LogP contribution in [0.15, 0.2) is 9.52 Å². The van der Waals surface area contributed by atoms with Crippen LogP contribution in [0.4, 0.5) is 0 Å². The lowest BCUT2D eigenvalue weighted by molar-refractivity contribution is 0.380. The van der Waals surface area contributed by atoms with Gasteiger partial charge >= 0.3 is 0 Å². The van der Waals surface area contributed by atoms with E-state index in [2.05, 4.69) is 55.4 Å². The number of nitrogens with one attached hydrogen (secondary N) is 2. The molecule has 0 aliphatic rings. The molecular formula is C16H31IN4O. The molecule has 1 rings (SSSR count). The summed E-state index contributed by atoms with van der Waals surface area (Å²) in [7, 11) is 0. The molecule has 0 saturated heterocycles. The van der Waals surface area contributed by atoms with E-state index < -0.39 is 0 Å². The maximum Gasteiger partial charge on any atom is 0.191 e. The Labute approximate surface area is 151 Å². The molecule has 0 aromatic carbocycles. The van der Waals surface area contributed by atoms with E-state index in [9.17, 15) is 0 Å². The molecule has 0 spiro atoms. The summed E-state index contributed by atoms with van der Waals surface area (Å²) in [6.45, 7) is 13.1. The van der Waals surface area contributed by atoms with Crippen molar-refractivity contribution < 1.29 is 4.52 Å². The molecule has 1 heterocycles. The lowest BCUT2D eigenvalue weighted by Crippen LogP contribution is -2.38. The van der Waals surface area contributed by atoms with Gasteiger partial charge in [0.05, 0.1) is 12.2 Å². The minimum absolute atomic E-state index is 0. The fraction of sp³-hybridized carbons (Fsp3) is 0.750. The Morgan fingerprint density at radius 2 is 1.91 bits per heavy atom. The van der Waals surface area contributed by atoms with Gasteiger partial charge in [0.25, 0.3) is 0 Å². The number of rotatable bonds is 8. The molecule has 2 N–H and O–H groups in total. The number of halogens is 1. The highest BCUT2D eigenvalue weighted by Gasteiger charge is 2.12. The van der Waals surface area contributed by atoms with Crippen molar-refractivity contribution in [1.82, 2.24) is 15.8 Å². The molecule has 0 amide bonds. The van der Waals surface area contributed by atoms with Crippen LogP contribution in [0.25, 0.3) is 0 Å². The normalized spacial score (nSPS) is 11.5. The number of guanidine groups is 1. The average Bonchev–Trinajstić information content (AvgIpc) is 2.86. The fourth-order valence-corrected chi connectivity index (χ4v) is 2.10. The molecule has 1 aromatic heterocycles. The van der Waals surface area contributed by atoms with Gasteiger partial charge in [-0.25, -0.2) is 4.99 Å². The predicted octanol–water partition coefficient (Wildman–Crippen LogP) is 3.52. The van der Waals surface area contributed by atoms with Crippen LogP contribution in [0.2, 0.25) is 0 Å². The van der Waals surface area contributed by atoms with E-state index in [1.807, 2.05) is 0 Å². The molecule has 0 atom stereocenters. The first-order chi connectivity index (χ1) is 10.1. The van der Waals surface area contributed by atoms with Gasteiger partial charge in [0.15, 0.2) is 5.96 Å². The Balaban J connectivity index is 0.00000441. The van der Waals surface area contributed by atoms with E-state index >= 15 is 0 Å². The molecule has 0 unspecified atom stereocenters. The van der Waals surface area contributed by atoms with Crippen molar-refractivity contribution >= 4 is 29.9 Å². The third-order valence-corrected chi connectivity index (χ3v) is 3.36. The molecule has 0 bridgehead atoms. The van der Waals surface area contributed by atoms with Crippen LogP contribution in [0.1, 0.15) is 58.1 Å². The Hall–Kier alpha value is -0.790. The third-order valence-electron chi connectivity index (χ3n) is 3.36. The van der Waals surface area contributed by atoms with Gasteiger partial charge in [0.1, 0.15) is 5.76 Å². The number of aliphatic imine (C=N–C) groups is 1.